The van der Waals surface area contributed by atoms with Crippen molar-refractivity contribution in [2.45, 2.75) is 53.0 Å². The van der Waals surface area contributed by atoms with Crippen LogP contribution < -0.4 is 10.6 Å². The number of carbonyl (C=O) groups is 2. The number of amides is 2. The van der Waals surface area contributed by atoms with E-state index in [1.165, 1.54) is 12.8 Å². The molecule has 2 N–H and O–H groups in total. The quantitative estimate of drug-likeness (QED) is 0.689. The SMILES string of the molecule is Cc1ccccc1C(=O)NC(C(=O)NCCCN1CCC(C)CC1)C(C)C. The van der Waals surface area contributed by atoms with Gasteiger partial charge in [0.05, 0.1) is 0 Å². The molecule has 0 aromatic heterocycles. The van der Waals surface area contributed by atoms with E-state index in [1.807, 2.05) is 39.0 Å². The first kappa shape index (κ1) is 21.4. The Morgan fingerprint density at radius 3 is 2.48 bits per heavy atom. The van der Waals surface area contributed by atoms with Gasteiger partial charge in [-0.05, 0) is 69.3 Å². The van der Waals surface area contributed by atoms with Gasteiger partial charge in [-0.25, -0.2) is 0 Å². The number of hydrogen-bond acceptors (Lipinski definition) is 3. The van der Waals surface area contributed by atoms with E-state index >= 15 is 0 Å². The molecular weight excluding hydrogens is 338 g/mol. The van der Waals surface area contributed by atoms with Crippen LogP contribution in [0.4, 0.5) is 0 Å². The number of rotatable bonds is 8. The Morgan fingerprint density at radius 1 is 1.19 bits per heavy atom. The smallest absolute Gasteiger partial charge is 0.252 e. The van der Waals surface area contributed by atoms with E-state index in [9.17, 15) is 9.59 Å². The zero-order valence-electron chi connectivity index (χ0n) is 17.3. The van der Waals surface area contributed by atoms with E-state index in [0.717, 1.165) is 37.5 Å². The number of nitrogens with zero attached hydrogens (tertiary/aromatic N) is 1. The second kappa shape index (κ2) is 10.5. The van der Waals surface area contributed by atoms with Crippen molar-refractivity contribution in [1.82, 2.24) is 15.5 Å². The number of piperidine rings is 1. The number of likely N-dealkylation sites (tertiary alicyclic amines) is 1. The summed E-state index contributed by atoms with van der Waals surface area (Å²) in [5.41, 5.74) is 1.53. The van der Waals surface area contributed by atoms with Gasteiger partial charge in [0.2, 0.25) is 5.91 Å². The summed E-state index contributed by atoms with van der Waals surface area (Å²) >= 11 is 0. The maximum atomic E-state index is 12.6. The highest BCUT2D eigenvalue weighted by Gasteiger charge is 2.25. The van der Waals surface area contributed by atoms with E-state index in [-0.39, 0.29) is 17.7 Å². The van der Waals surface area contributed by atoms with Crippen LogP contribution in [0.5, 0.6) is 0 Å². The first-order valence-corrected chi connectivity index (χ1v) is 10.2. The zero-order valence-corrected chi connectivity index (χ0v) is 17.3. The monoisotopic (exact) mass is 373 g/mol. The molecule has 1 unspecified atom stereocenters. The predicted octanol–water partition coefficient (Wildman–Crippen LogP) is 2.99. The highest BCUT2D eigenvalue weighted by molar-refractivity contribution is 5.98. The van der Waals surface area contributed by atoms with Crippen LogP contribution in [0.3, 0.4) is 0 Å². The largest absolute Gasteiger partial charge is 0.354 e. The van der Waals surface area contributed by atoms with Crippen LogP contribution in [0.25, 0.3) is 0 Å². The second-order valence-corrected chi connectivity index (χ2v) is 8.18. The predicted molar refractivity (Wildman–Crippen MR) is 110 cm³/mol. The maximum absolute atomic E-state index is 12.6. The fourth-order valence-corrected chi connectivity index (χ4v) is 3.49. The summed E-state index contributed by atoms with van der Waals surface area (Å²) in [6, 6.07) is 6.92. The Kier molecular flexibility index (Phi) is 8.29. The molecule has 1 aliphatic heterocycles. The molecule has 0 radical (unpaired) electrons. The van der Waals surface area contributed by atoms with Gasteiger partial charge >= 0.3 is 0 Å². The Hall–Kier alpha value is -1.88. The Balaban J connectivity index is 1.79. The summed E-state index contributed by atoms with van der Waals surface area (Å²) in [5.74, 6) is 0.578. The van der Waals surface area contributed by atoms with E-state index in [4.69, 9.17) is 0 Å². The molecule has 1 atom stereocenters. The topological polar surface area (TPSA) is 61.4 Å². The third kappa shape index (κ3) is 6.65. The Labute approximate surface area is 163 Å². The van der Waals surface area contributed by atoms with Crippen LogP contribution in [0, 0.1) is 18.8 Å². The minimum absolute atomic E-state index is 0.0292. The molecule has 2 amide bonds. The molecule has 5 nitrogen and oxygen atoms in total. The van der Waals surface area contributed by atoms with Gasteiger partial charge in [-0.2, -0.15) is 0 Å². The van der Waals surface area contributed by atoms with Gasteiger partial charge in [0.1, 0.15) is 6.04 Å². The molecule has 0 saturated carbocycles. The molecule has 150 valence electrons. The van der Waals surface area contributed by atoms with Gasteiger partial charge in [0, 0.05) is 12.1 Å². The van der Waals surface area contributed by atoms with E-state index in [0.29, 0.717) is 12.1 Å². The van der Waals surface area contributed by atoms with E-state index in [2.05, 4.69) is 22.5 Å². The molecule has 0 aliphatic carbocycles. The maximum Gasteiger partial charge on any atom is 0.252 e. The molecule has 1 aromatic rings. The fraction of sp³-hybridized carbons (Fsp3) is 0.636. The van der Waals surface area contributed by atoms with Crippen molar-refractivity contribution < 1.29 is 9.59 Å². The lowest BCUT2D eigenvalue weighted by molar-refractivity contribution is -0.123. The summed E-state index contributed by atoms with van der Waals surface area (Å²) in [6.45, 7) is 12.1. The number of aryl methyl sites for hydroxylation is 1. The van der Waals surface area contributed by atoms with Crippen LogP contribution in [-0.4, -0.2) is 48.9 Å². The summed E-state index contributed by atoms with van der Waals surface area (Å²) in [5, 5.41) is 5.91. The molecule has 0 spiro atoms. The minimum Gasteiger partial charge on any atom is -0.354 e. The minimum atomic E-state index is -0.520. The molecule has 1 aliphatic rings. The van der Waals surface area contributed by atoms with Crippen LogP contribution in [0.1, 0.15) is 56.0 Å². The average molecular weight is 374 g/mol. The first-order valence-electron chi connectivity index (χ1n) is 10.2. The molecule has 1 aromatic carbocycles. The Bertz CT molecular complexity index is 622. The summed E-state index contributed by atoms with van der Waals surface area (Å²) < 4.78 is 0. The van der Waals surface area contributed by atoms with Crippen molar-refractivity contribution in [1.29, 1.82) is 0 Å². The van der Waals surface area contributed by atoms with Crippen molar-refractivity contribution in [2.24, 2.45) is 11.8 Å². The van der Waals surface area contributed by atoms with Gasteiger partial charge in [-0.15, -0.1) is 0 Å². The standard InChI is InChI=1S/C22H35N3O2/c1-16(2)20(24-21(26)19-9-6-5-8-18(19)4)22(27)23-12-7-13-25-14-10-17(3)11-15-25/h5-6,8-9,16-17,20H,7,10-15H2,1-4H3,(H,23,27)(H,24,26). The van der Waals surface area contributed by atoms with Crippen LogP contribution in [0.2, 0.25) is 0 Å². The number of hydrogen-bond donors (Lipinski definition) is 2. The first-order chi connectivity index (χ1) is 12.9. The number of benzene rings is 1. The normalized spacial score (nSPS) is 16.9. The summed E-state index contributed by atoms with van der Waals surface area (Å²) in [7, 11) is 0. The lowest BCUT2D eigenvalue weighted by atomic mass is 9.99. The van der Waals surface area contributed by atoms with Gasteiger partial charge in [-0.3, -0.25) is 9.59 Å². The molecule has 1 fully saturated rings. The molecule has 2 rings (SSSR count). The van der Waals surface area contributed by atoms with Gasteiger partial charge in [0.25, 0.3) is 5.91 Å². The molecular formula is C22H35N3O2. The third-order valence-electron chi connectivity index (χ3n) is 5.45. The van der Waals surface area contributed by atoms with Crippen LogP contribution in [-0.2, 0) is 4.79 Å². The molecule has 1 saturated heterocycles. The molecule has 0 bridgehead atoms. The van der Waals surface area contributed by atoms with Crippen molar-refractivity contribution >= 4 is 11.8 Å². The van der Waals surface area contributed by atoms with Gasteiger partial charge < -0.3 is 15.5 Å². The average Bonchev–Trinajstić information content (AvgIpc) is 2.64. The van der Waals surface area contributed by atoms with Gasteiger partial charge in [-0.1, -0.05) is 39.0 Å². The van der Waals surface area contributed by atoms with Crippen LogP contribution in [0.15, 0.2) is 24.3 Å². The highest BCUT2D eigenvalue weighted by atomic mass is 16.2. The van der Waals surface area contributed by atoms with Crippen LogP contribution >= 0.6 is 0 Å². The van der Waals surface area contributed by atoms with E-state index in [1.54, 1.807) is 6.07 Å². The molecule has 1 heterocycles. The second-order valence-electron chi connectivity index (χ2n) is 8.18. The molecule has 5 heteroatoms. The number of carbonyl (C=O) groups excluding carboxylic acids is 2. The lowest BCUT2D eigenvalue weighted by Gasteiger charge is -2.30. The molecule has 27 heavy (non-hydrogen) atoms. The van der Waals surface area contributed by atoms with Crippen molar-refractivity contribution in [3.8, 4) is 0 Å². The lowest BCUT2D eigenvalue weighted by Crippen LogP contribution is -2.50. The van der Waals surface area contributed by atoms with Gasteiger partial charge in [0.15, 0.2) is 0 Å². The summed E-state index contributed by atoms with van der Waals surface area (Å²) in [4.78, 5) is 27.6. The number of nitrogens with one attached hydrogen (secondary N) is 2. The summed E-state index contributed by atoms with van der Waals surface area (Å²) in [6.07, 6.45) is 3.48. The van der Waals surface area contributed by atoms with Crippen molar-refractivity contribution in [3.63, 3.8) is 0 Å². The van der Waals surface area contributed by atoms with Crippen molar-refractivity contribution in [3.05, 3.63) is 35.4 Å². The van der Waals surface area contributed by atoms with E-state index < -0.39 is 6.04 Å². The third-order valence-corrected chi connectivity index (χ3v) is 5.45. The van der Waals surface area contributed by atoms with Crippen molar-refractivity contribution in [2.75, 3.05) is 26.2 Å². The highest BCUT2D eigenvalue weighted by Crippen LogP contribution is 2.15. The Morgan fingerprint density at radius 2 is 1.85 bits per heavy atom. The zero-order chi connectivity index (χ0) is 19.8. The fourth-order valence-electron chi connectivity index (χ4n) is 3.49.